The topological polar surface area (TPSA) is 102 Å². The van der Waals surface area contributed by atoms with Gasteiger partial charge in [-0.1, -0.05) is 0 Å². The zero-order valence-corrected chi connectivity index (χ0v) is 8.92. The number of anilines is 2. The van der Waals surface area contributed by atoms with Gasteiger partial charge in [0.2, 0.25) is 0 Å². The Balaban J connectivity index is 2.37. The number of phenolic OH excluding ortho intramolecular Hbond substituents is 2. The van der Waals surface area contributed by atoms with E-state index in [4.69, 9.17) is 16.2 Å². The van der Waals surface area contributed by atoms with Crippen molar-refractivity contribution >= 4 is 11.4 Å². The van der Waals surface area contributed by atoms with Crippen LogP contribution < -0.4 is 16.2 Å². The van der Waals surface area contributed by atoms with Crippen molar-refractivity contribution < 1.29 is 14.9 Å². The van der Waals surface area contributed by atoms with E-state index in [0.717, 1.165) is 0 Å². The SMILES string of the molecule is Nc1ccc(O)cc1Oc1cc(O)ccc1N. The highest BCUT2D eigenvalue weighted by atomic mass is 16.5. The van der Waals surface area contributed by atoms with Crippen LogP contribution in [-0.2, 0) is 0 Å². The fraction of sp³-hybridized carbons (Fsp3) is 0. The normalized spacial score (nSPS) is 10.1. The first-order valence-electron chi connectivity index (χ1n) is 4.91. The molecule has 0 spiro atoms. The van der Waals surface area contributed by atoms with Crippen LogP contribution in [0.15, 0.2) is 36.4 Å². The lowest BCUT2D eigenvalue weighted by atomic mass is 10.2. The lowest BCUT2D eigenvalue weighted by molar-refractivity contribution is 0.448. The summed E-state index contributed by atoms with van der Waals surface area (Å²) in [6.45, 7) is 0. The molecule has 0 unspecified atom stereocenters. The van der Waals surface area contributed by atoms with Crippen LogP contribution in [0.25, 0.3) is 0 Å². The molecule has 2 aromatic rings. The number of benzene rings is 2. The van der Waals surface area contributed by atoms with E-state index in [1.54, 1.807) is 0 Å². The Morgan fingerprint density at radius 1 is 0.765 bits per heavy atom. The highest BCUT2D eigenvalue weighted by molar-refractivity contribution is 5.61. The van der Waals surface area contributed by atoms with Crippen molar-refractivity contribution in [1.29, 1.82) is 0 Å². The third-order valence-electron chi connectivity index (χ3n) is 2.21. The molecular formula is C12H12N2O3. The smallest absolute Gasteiger partial charge is 0.154 e. The standard InChI is InChI=1S/C12H12N2O3/c13-9-3-1-7(15)5-11(9)17-12-6-8(16)2-4-10(12)14/h1-6,15-16H,13-14H2. The molecule has 5 heteroatoms. The number of ether oxygens (including phenoxy) is 1. The summed E-state index contributed by atoms with van der Waals surface area (Å²) < 4.78 is 5.43. The van der Waals surface area contributed by atoms with Gasteiger partial charge in [0, 0.05) is 12.1 Å². The minimum Gasteiger partial charge on any atom is -0.508 e. The minimum atomic E-state index is 0.0351. The highest BCUT2D eigenvalue weighted by Gasteiger charge is 2.07. The lowest BCUT2D eigenvalue weighted by Gasteiger charge is -2.11. The maximum absolute atomic E-state index is 9.32. The quantitative estimate of drug-likeness (QED) is 0.469. The summed E-state index contributed by atoms with van der Waals surface area (Å²) in [6.07, 6.45) is 0. The largest absolute Gasteiger partial charge is 0.508 e. The third-order valence-corrected chi connectivity index (χ3v) is 2.21. The number of hydrogen-bond donors (Lipinski definition) is 4. The molecule has 0 radical (unpaired) electrons. The minimum absolute atomic E-state index is 0.0351. The van der Waals surface area contributed by atoms with Crippen LogP contribution in [0.5, 0.6) is 23.0 Å². The molecule has 0 fully saturated rings. The zero-order chi connectivity index (χ0) is 12.4. The van der Waals surface area contributed by atoms with Crippen molar-refractivity contribution in [3.05, 3.63) is 36.4 Å². The van der Waals surface area contributed by atoms with Crippen LogP contribution >= 0.6 is 0 Å². The Labute approximate surface area is 97.9 Å². The molecule has 0 aliphatic carbocycles. The van der Waals surface area contributed by atoms with Gasteiger partial charge >= 0.3 is 0 Å². The molecule has 0 atom stereocenters. The molecule has 17 heavy (non-hydrogen) atoms. The predicted octanol–water partition coefficient (Wildman–Crippen LogP) is 2.05. The number of rotatable bonds is 2. The Morgan fingerprint density at radius 3 is 1.59 bits per heavy atom. The number of phenols is 2. The first-order chi connectivity index (χ1) is 8.06. The van der Waals surface area contributed by atoms with Crippen LogP contribution in [0.4, 0.5) is 11.4 Å². The van der Waals surface area contributed by atoms with Crippen LogP contribution in [0.2, 0.25) is 0 Å². The average molecular weight is 232 g/mol. The average Bonchev–Trinajstić information content (AvgIpc) is 2.28. The first kappa shape index (κ1) is 10.9. The molecule has 0 bridgehead atoms. The predicted molar refractivity (Wildman–Crippen MR) is 65.1 cm³/mol. The molecular weight excluding hydrogens is 220 g/mol. The van der Waals surface area contributed by atoms with Crippen LogP contribution in [0.1, 0.15) is 0 Å². The second-order valence-corrected chi connectivity index (χ2v) is 3.55. The number of aromatic hydroxyl groups is 2. The second-order valence-electron chi connectivity index (χ2n) is 3.55. The molecule has 6 N–H and O–H groups in total. The Morgan fingerprint density at radius 2 is 1.18 bits per heavy atom. The van der Waals surface area contributed by atoms with Crippen molar-refractivity contribution in [2.24, 2.45) is 0 Å². The zero-order valence-electron chi connectivity index (χ0n) is 8.92. The molecule has 0 heterocycles. The van der Waals surface area contributed by atoms with Gasteiger partial charge in [0.15, 0.2) is 11.5 Å². The van der Waals surface area contributed by atoms with Crippen molar-refractivity contribution in [3.63, 3.8) is 0 Å². The molecule has 0 aliphatic rings. The molecule has 88 valence electrons. The van der Waals surface area contributed by atoms with Gasteiger partial charge in [0.1, 0.15) is 11.5 Å². The maximum atomic E-state index is 9.32. The summed E-state index contributed by atoms with van der Waals surface area (Å²) in [6, 6.07) is 8.69. The second kappa shape index (κ2) is 4.13. The van der Waals surface area contributed by atoms with Gasteiger partial charge in [0.05, 0.1) is 11.4 Å². The van der Waals surface area contributed by atoms with Gasteiger partial charge in [-0.2, -0.15) is 0 Å². The molecule has 0 amide bonds. The molecule has 2 aromatic carbocycles. The van der Waals surface area contributed by atoms with E-state index in [-0.39, 0.29) is 23.0 Å². The van der Waals surface area contributed by atoms with E-state index in [1.807, 2.05) is 0 Å². The molecule has 0 saturated heterocycles. The van der Waals surface area contributed by atoms with Crippen molar-refractivity contribution in [2.45, 2.75) is 0 Å². The highest BCUT2D eigenvalue weighted by Crippen LogP contribution is 2.35. The first-order valence-corrected chi connectivity index (χ1v) is 4.91. The van der Waals surface area contributed by atoms with Gasteiger partial charge in [-0.3, -0.25) is 0 Å². The summed E-state index contributed by atoms with van der Waals surface area (Å²) >= 11 is 0. The van der Waals surface area contributed by atoms with Crippen molar-refractivity contribution in [1.82, 2.24) is 0 Å². The molecule has 2 rings (SSSR count). The molecule has 0 saturated carbocycles. The van der Waals surface area contributed by atoms with E-state index in [1.165, 1.54) is 36.4 Å². The summed E-state index contributed by atoms with van der Waals surface area (Å²) in [5, 5.41) is 18.6. The van der Waals surface area contributed by atoms with Crippen LogP contribution in [0, 0.1) is 0 Å². The van der Waals surface area contributed by atoms with Gasteiger partial charge in [-0.25, -0.2) is 0 Å². The number of nitrogens with two attached hydrogens (primary N) is 2. The summed E-state index contributed by atoms with van der Waals surface area (Å²) in [4.78, 5) is 0. The van der Waals surface area contributed by atoms with Crippen molar-refractivity contribution in [2.75, 3.05) is 11.5 Å². The Bertz CT molecular complexity index is 506. The van der Waals surface area contributed by atoms with E-state index in [9.17, 15) is 10.2 Å². The van der Waals surface area contributed by atoms with E-state index in [0.29, 0.717) is 11.4 Å². The molecule has 5 nitrogen and oxygen atoms in total. The van der Waals surface area contributed by atoms with E-state index in [2.05, 4.69) is 0 Å². The Kier molecular flexibility index (Phi) is 2.66. The van der Waals surface area contributed by atoms with Gasteiger partial charge in [-0.05, 0) is 24.3 Å². The van der Waals surface area contributed by atoms with Gasteiger partial charge in [-0.15, -0.1) is 0 Å². The fourth-order valence-corrected chi connectivity index (χ4v) is 1.34. The lowest BCUT2D eigenvalue weighted by Crippen LogP contribution is -1.95. The van der Waals surface area contributed by atoms with E-state index < -0.39 is 0 Å². The van der Waals surface area contributed by atoms with Crippen LogP contribution in [0.3, 0.4) is 0 Å². The third kappa shape index (κ3) is 2.34. The van der Waals surface area contributed by atoms with Crippen LogP contribution in [-0.4, -0.2) is 10.2 Å². The molecule has 0 aliphatic heterocycles. The number of nitrogen functional groups attached to an aromatic ring is 2. The van der Waals surface area contributed by atoms with Gasteiger partial charge < -0.3 is 26.4 Å². The maximum Gasteiger partial charge on any atom is 0.154 e. The van der Waals surface area contributed by atoms with E-state index >= 15 is 0 Å². The number of hydrogen-bond acceptors (Lipinski definition) is 5. The summed E-state index contributed by atoms with van der Waals surface area (Å²) in [7, 11) is 0. The fourth-order valence-electron chi connectivity index (χ4n) is 1.34. The molecule has 0 aromatic heterocycles. The van der Waals surface area contributed by atoms with Crippen molar-refractivity contribution in [3.8, 4) is 23.0 Å². The van der Waals surface area contributed by atoms with Gasteiger partial charge in [0.25, 0.3) is 0 Å². The Hall–Kier alpha value is -2.56. The summed E-state index contributed by atoms with van der Waals surface area (Å²) in [5.41, 5.74) is 12.1. The summed E-state index contributed by atoms with van der Waals surface area (Å²) in [5.74, 6) is 0.630. The monoisotopic (exact) mass is 232 g/mol.